The number of benzene rings is 4. The van der Waals surface area contributed by atoms with Crippen molar-refractivity contribution in [3.8, 4) is 63.5 Å². The van der Waals surface area contributed by atoms with Gasteiger partial charge in [0.1, 0.15) is 22.8 Å². The summed E-state index contributed by atoms with van der Waals surface area (Å²) in [5, 5.41) is 19.4. The molecule has 0 saturated heterocycles. The zero-order chi connectivity index (χ0) is 32.1. The molecule has 0 fully saturated rings. The summed E-state index contributed by atoms with van der Waals surface area (Å²) >= 11 is 0. The minimum Gasteiger partial charge on any atom is -0.496 e. The molecule has 0 amide bonds. The fourth-order valence-corrected chi connectivity index (χ4v) is 4.34. The summed E-state index contributed by atoms with van der Waals surface area (Å²) in [6, 6.07) is 23.4. The van der Waals surface area contributed by atoms with Crippen LogP contribution >= 0.6 is 0 Å². The number of ether oxygens (including phenoxy) is 5. The van der Waals surface area contributed by atoms with Gasteiger partial charge in [-0.1, -0.05) is 42.5 Å². The van der Waals surface area contributed by atoms with E-state index in [1.165, 1.54) is 56.7 Å². The Morgan fingerprint density at radius 2 is 1.47 bits per heavy atom. The lowest BCUT2D eigenvalue weighted by molar-refractivity contribution is 0.0693. The average Bonchev–Trinajstić information content (AvgIpc) is 3.05. The SMILES string of the molecule is COc1cccc(C(=O)O)c1Oc1c(F)c(Oc2cccc(N)c2)nc(Oc2cc(C#N)cc(OC)c2-c2ccccc2)c1F. The Balaban J connectivity index is 1.73. The summed E-state index contributed by atoms with van der Waals surface area (Å²) in [4.78, 5) is 15.9. The Bertz CT molecular complexity index is 1950. The molecule has 45 heavy (non-hydrogen) atoms. The maximum absolute atomic E-state index is 16.2. The molecule has 0 bridgehead atoms. The van der Waals surface area contributed by atoms with Crippen molar-refractivity contribution in [2.75, 3.05) is 20.0 Å². The Kier molecular flexibility index (Phi) is 8.62. The number of nitrogen functional groups attached to an aromatic ring is 1. The van der Waals surface area contributed by atoms with E-state index in [9.17, 15) is 15.2 Å². The first-order chi connectivity index (χ1) is 21.7. The predicted molar refractivity (Wildman–Crippen MR) is 158 cm³/mol. The molecule has 0 spiro atoms. The molecular weight excluding hydrogens is 588 g/mol. The Morgan fingerprint density at radius 3 is 2.11 bits per heavy atom. The number of anilines is 1. The van der Waals surface area contributed by atoms with Gasteiger partial charge in [0.05, 0.1) is 31.4 Å². The van der Waals surface area contributed by atoms with Crippen molar-refractivity contribution in [2.24, 2.45) is 0 Å². The van der Waals surface area contributed by atoms with E-state index in [0.29, 0.717) is 11.1 Å². The maximum atomic E-state index is 16.2. The van der Waals surface area contributed by atoms with Gasteiger partial charge in [-0.25, -0.2) is 4.79 Å². The van der Waals surface area contributed by atoms with Gasteiger partial charge in [-0.2, -0.15) is 19.0 Å². The Hall–Kier alpha value is -6.35. The van der Waals surface area contributed by atoms with E-state index in [-0.39, 0.29) is 34.2 Å². The highest BCUT2D eigenvalue weighted by Crippen LogP contribution is 2.46. The second-order valence-corrected chi connectivity index (χ2v) is 9.23. The Morgan fingerprint density at radius 1 is 0.800 bits per heavy atom. The monoisotopic (exact) mass is 611 g/mol. The highest BCUT2D eigenvalue weighted by molar-refractivity contribution is 5.92. The van der Waals surface area contributed by atoms with Crippen molar-refractivity contribution in [3.63, 3.8) is 0 Å². The lowest BCUT2D eigenvalue weighted by Gasteiger charge is -2.18. The normalized spacial score (nSPS) is 10.5. The van der Waals surface area contributed by atoms with E-state index in [4.69, 9.17) is 29.4 Å². The third-order valence-corrected chi connectivity index (χ3v) is 6.37. The number of halogens is 2. The fourth-order valence-electron chi connectivity index (χ4n) is 4.34. The minimum absolute atomic E-state index is 0.0477. The third-order valence-electron chi connectivity index (χ3n) is 6.37. The molecule has 0 aliphatic carbocycles. The summed E-state index contributed by atoms with van der Waals surface area (Å²) in [5.41, 5.74) is 6.71. The number of pyridine rings is 1. The molecule has 5 aromatic rings. The van der Waals surface area contributed by atoms with Crippen LogP contribution in [0.2, 0.25) is 0 Å². The van der Waals surface area contributed by atoms with Crippen molar-refractivity contribution in [2.45, 2.75) is 0 Å². The van der Waals surface area contributed by atoms with Crippen LogP contribution in [0.3, 0.4) is 0 Å². The summed E-state index contributed by atoms with van der Waals surface area (Å²) in [6.45, 7) is 0. The fraction of sp³-hybridized carbons (Fsp3) is 0.0606. The predicted octanol–water partition coefficient (Wildman–Crippen LogP) is 7.57. The van der Waals surface area contributed by atoms with Gasteiger partial charge in [0.15, 0.2) is 11.5 Å². The number of para-hydroxylation sites is 1. The number of methoxy groups -OCH3 is 2. The molecule has 0 saturated carbocycles. The van der Waals surface area contributed by atoms with Crippen molar-refractivity contribution < 1.29 is 42.4 Å². The van der Waals surface area contributed by atoms with E-state index in [1.54, 1.807) is 42.5 Å². The second-order valence-electron chi connectivity index (χ2n) is 9.23. The molecule has 4 aromatic carbocycles. The molecule has 0 atom stereocenters. The summed E-state index contributed by atoms with van der Waals surface area (Å²) in [5.74, 6) is -7.44. The van der Waals surface area contributed by atoms with E-state index >= 15 is 8.78 Å². The minimum atomic E-state index is -1.45. The first kappa shape index (κ1) is 30.1. The number of carboxylic acids is 1. The lowest BCUT2D eigenvalue weighted by atomic mass is 10.0. The topological polar surface area (TPSA) is 146 Å². The number of aromatic nitrogens is 1. The van der Waals surface area contributed by atoms with Crippen LogP contribution in [0, 0.1) is 23.0 Å². The molecule has 226 valence electrons. The second kappa shape index (κ2) is 12.9. The van der Waals surface area contributed by atoms with Crippen LogP contribution in [-0.4, -0.2) is 30.3 Å². The number of carbonyl (C=O) groups is 1. The quantitative estimate of drug-likeness (QED) is 0.152. The van der Waals surface area contributed by atoms with Gasteiger partial charge in [0.2, 0.25) is 17.4 Å². The molecule has 1 heterocycles. The third kappa shape index (κ3) is 6.23. The van der Waals surface area contributed by atoms with Crippen molar-refractivity contribution in [3.05, 3.63) is 108 Å². The van der Waals surface area contributed by atoms with Crippen LogP contribution in [0.1, 0.15) is 15.9 Å². The van der Waals surface area contributed by atoms with Crippen molar-refractivity contribution in [1.29, 1.82) is 5.26 Å². The molecule has 10 nitrogen and oxygen atoms in total. The number of hydrogen-bond acceptors (Lipinski definition) is 9. The van der Waals surface area contributed by atoms with Crippen LogP contribution < -0.4 is 29.4 Å². The zero-order valence-electron chi connectivity index (χ0n) is 23.7. The van der Waals surface area contributed by atoms with Crippen LogP contribution in [-0.2, 0) is 0 Å². The zero-order valence-corrected chi connectivity index (χ0v) is 23.7. The molecule has 1 aromatic heterocycles. The maximum Gasteiger partial charge on any atom is 0.339 e. The molecule has 0 unspecified atom stereocenters. The highest BCUT2D eigenvalue weighted by atomic mass is 19.1. The molecule has 0 aliphatic rings. The van der Waals surface area contributed by atoms with Gasteiger partial charge in [-0.3, -0.25) is 0 Å². The molecule has 3 N–H and O–H groups in total. The number of nitrogens with two attached hydrogens (primary N) is 1. The molecular formula is C33H23F2N3O7. The number of nitrogens with zero attached hydrogens (tertiary/aromatic N) is 2. The van der Waals surface area contributed by atoms with Crippen LogP contribution in [0.25, 0.3) is 11.1 Å². The van der Waals surface area contributed by atoms with E-state index in [2.05, 4.69) is 4.98 Å². The van der Waals surface area contributed by atoms with Crippen molar-refractivity contribution >= 4 is 11.7 Å². The molecule has 12 heteroatoms. The van der Waals surface area contributed by atoms with Gasteiger partial charge in [-0.05, 0) is 42.0 Å². The van der Waals surface area contributed by atoms with Gasteiger partial charge < -0.3 is 34.5 Å². The average molecular weight is 612 g/mol. The first-order valence-corrected chi connectivity index (χ1v) is 13.1. The number of rotatable bonds is 10. The van der Waals surface area contributed by atoms with E-state index in [1.807, 2.05) is 6.07 Å². The van der Waals surface area contributed by atoms with Crippen molar-refractivity contribution in [1.82, 2.24) is 4.98 Å². The van der Waals surface area contributed by atoms with E-state index < -0.39 is 46.4 Å². The van der Waals surface area contributed by atoms with Crippen LogP contribution in [0.5, 0.6) is 46.3 Å². The number of hydrogen-bond donors (Lipinski definition) is 2. The first-order valence-electron chi connectivity index (χ1n) is 13.1. The van der Waals surface area contributed by atoms with Gasteiger partial charge in [0, 0.05) is 11.8 Å². The Labute approximate surface area is 255 Å². The van der Waals surface area contributed by atoms with Gasteiger partial charge in [0.25, 0.3) is 11.8 Å². The van der Waals surface area contributed by atoms with Crippen LogP contribution in [0.4, 0.5) is 14.5 Å². The highest BCUT2D eigenvalue weighted by Gasteiger charge is 2.29. The van der Waals surface area contributed by atoms with Gasteiger partial charge in [-0.15, -0.1) is 0 Å². The summed E-state index contributed by atoms with van der Waals surface area (Å²) in [7, 11) is 2.62. The number of carboxylic acid groups (broad SMARTS) is 1. The molecule has 0 radical (unpaired) electrons. The summed E-state index contributed by atoms with van der Waals surface area (Å²) < 4.78 is 60.1. The standard InChI is InChI=1S/C33H23F2N3O7/c1-41-23-13-7-12-22(33(39)40)29(23)45-30-27(34)31(43-21-11-6-10-20(37)16-21)38-32(28(30)35)44-25-15-18(17-36)14-24(42-2)26(25)19-8-4-3-5-9-19/h3-16H,37H2,1-2H3,(H,39,40). The lowest BCUT2D eigenvalue weighted by Crippen LogP contribution is -2.07. The molecule has 5 rings (SSSR count). The largest absolute Gasteiger partial charge is 0.496 e. The summed E-state index contributed by atoms with van der Waals surface area (Å²) in [6.07, 6.45) is 0. The van der Waals surface area contributed by atoms with E-state index in [0.717, 1.165) is 0 Å². The smallest absolute Gasteiger partial charge is 0.339 e. The number of nitriles is 1. The van der Waals surface area contributed by atoms with Crippen LogP contribution in [0.15, 0.2) is 84.9 Å². The number of aromatic carboxylic acids is 1. The van der Waals surface area contributed by atoms with Gasteiger partial charge >= 0.3 is 5.97 Å². The molecule has 0 aliphatic heterocycles.